The maximum atomic E-state index is 12.4. The molecule has 25 heavy (non-hydrogen) atoms. The maximum absolute atomic E-state index is 12.4. The molecule has 1 aliphatic carbocycles. The molecule has 132 valence electrons. The van der Waals surface area contributed by atoms with Crippen LogP contribution in [-0.4, -0.2) is 47.4 Å². The van der Waals surface area contributed by atoms with Crippen molar-refractivity contribution in [1.82, 2.24) is 14.8 Å². The summed E-state index contributed by atoms with van der Waals surface area (Å²) in [6.07, 6.45) is 8.85. The zero-order valence-electron chi connectivity index (χ0n) is 14.7. The van der Waals surface area contributed by atoms with Crippen molar-refractivity contribution in [2.24, 2.45) is 11.3 Å². The van der Waals surface area contributed by atoms with Crippen molar-refractivity contribution in [2.45, 2.75) is 25.8 Å². The van der Waals surface area contributed by atoms with Crippen molar-refractivity contribution in [1.29, 1.82) is 0 Å². The summed E-state index contributed by atoms with van der Waals surface area (Å²) in [5, 5.41) is 0. The average Bonchev–Trinajstić information content (AvgIpc) is 3.04. The van der Waals surface area contributed by atoms with Gasteiger partial charge in [-0.15, -0.1) is 0 Å². The van der Waals surface area contributed by atoms with Crippen LogP contribution >= 0.6 is 0 Å². The molecule has 1 aliphatic heterocycles. The second kappa shape index (κ2) is 6.64. The molecule has 0 radical (unpaired) electrons. The number of aromatic nitrogens is 1. The van der Waals surface area contributed by atoms with Gasteiger partial charge in [-0.25, -0.2) is 0 Å². The molecule has 0 N–H and O–H groups in total. The lowest BCUT2D eigenvalue weighted by molar-refractivity contribution is 0.0632. The lowest BCUT2D eigenvalue weighted by Crippen LogP contribution is -2.40. The Morgan fingerprint density at radius 3 is 2.88 bits per heavy atom. The van der Waals surface area contributed by atoms with E-state index in [1.165, 1.54) is 12.0 Å². The molecule has 4 rings (SSSR count). The molecule has 0 aromatic carbocycles. The minimum Gasteiger partial charge on any atom is -0.459 e. The van der Waals surface area contributed by atoms with Crippen molar-refractivity contribution in [3.8, 4) is 0 Å². The number of furan rings is 1. The van der Waals surface area contributed by atoms with E-state index in [1.807, 2.05) is 23.4 Å². The van der Waals surface area contributed by atoms with Gasteiger partial charge < -0.3 is 14.2 Å². The molecule has 1 spiro atoms. The van der Waals surface area contributed by atoms with Crippen LogP contribution < -0.4 is 0 Å². The van der Waals surface area contributed by atoms with Crippen LogP contribution in [-0.2, 0) is 6.54 Å². The van der Waals surface area contributed by atoms with Crippen LogP contribution in [0.15, 0.2) is 47.3 Å². The number of hydrogen-bond acceptors (Lipinski definition) is 4. The van der Waals surface area contributed by atoms with Crippen LogP contribution in [0.25, 0.3) is 0 Å². The lowest BCUT2D eigenvalue weighted by atomic mass is 9.90. The first-order valence-corrected chi connectivity index (χ1v) is 9.06. The molecule has 3 heterocycles. The van der Waals surface area contributed by atoms with E-state index in [1.54, 1.807) is 18.4 Å². The van der Waals surface area contributed by atoms with Gasteiger partial charge in [0.05, 0.1) is 6.26 Å². The zero-order chi connectivity index (χ0) is 17.3. The summed E-state index contributed by atoms with van der Waals surface area (Å²) in [5.74, 6) is 1.25. The van der Waals surface area contributed by atoms with E-state index in [0.29, 0.717) is 11.2 Å². The predicted octanol–water partition coefficient (Wildman–Crippen LogP) is 3.05. The number of nitrogens with zero attached hydrogens (tertiary/aromatic N) is 3. The third kappa shape index (κ3) is 3.47. The number of amides is 1. The van der Waals surface area contributed by atoms with E-state index in [2.05, 4.69) is 23.0 Å². The highest BCUT2D eigenvalue weighted by atomic mass is 16.3. The van der Waals surface area contributed by atoms with Crippen LogP contribution in [0, 0.1) is 11.3 Å². The number of pyridine rings is 1. The van der Waals surface area contributed by atoms with Crippen LogP contribution in [0.5, 0.6) is 0 Å². The summed E-state index contributed by atoms with van der Waals surface area (Å²) < 4.78 is 5.24. The van der Waals surface area contributed by atoms with Crippen LogP contribution in [0.3, 0.4) is 0 Å². The Kier molecular flexibility index (Phi) is 4.34. The van der Waals surface area contributed by atoms with Gasteiger partial charge in [0.2, 0.25) is 0 Å². The second-order valence-corrected chi connectivity index (χ2v) is 7.59. The predicted molar refractivity (Wildman–Crippen MR) is 95.0 cm³/mol. The molecule has 2 aromatic rings. The zero-order valence-corrected chi connectivity index (χ0v) is 14.7. The van der Waals surface area contributed by atoms with Crippen molar-refractivity contribution >= 4 is 5.91 Å². The number of carbonyl (C=O) groups is 1. The molecular weight excluding hydrogens is 314 g/mol. The first kappa shape index (κ1) is 16.3. The molecule has 2 aromatic heterocycles. The molecule has 0 unspecified atom stereocenters. The van der Waals surface area contributed by atoms with Crippen LogP contribution in [0.1, 0.15) is 35.4 Å². The number of carbonyl (C=O) groups excluding carboxylic acids is 1. The first-order chi connectivity index (χ1) is 12.2. The Bertz CT molecular complexity index is 706. The summed E-state index contributed by atoms with van der Waals surface area (Å²) in [6, 6.07) is 7.65. The average molecular weight is 339 g/mol. The molecule has 1 amide bonds. The minimum atomic E-state index is 0.0331. The highest BCUT2D eigenvalue weighted by Crippen LogP contribution is 2.59. The number of piperidine rings is 1. The lowest BCUT2D eigenvalue weighted by Gasteiger charge is -2.33. The normalized spacial score (nSPS) is 21.7. The number of likely N-dealkylation sites (tertiary alicyclic amines) is 1. The van der Waals surface area contributed by atoms with E-state index >= 15 is 0 Å². The van der Waals surface area contributed by atoms with Crippen molar-refractivity contribution < 1.29 is 9.21 Å². The standard InChI is InChI=1S/C20H25N3O2/c1-22(14-16-4-2-8-21-13-16)15-17-12-20(17)6-9-23(10-7-20)19(24)18-5-3-11-25-18/h2-5,8,11,13,17H,6-7,9-10,12,14-15H2,1H3/t17-/m0/s1. The van der Waals surface area contributed by atoms with Crippen LogP contribution in [0.4, 0.5) is 0 Å². The molecule has 1 saturated carbocycles. The van der Waals surface area contributed by atoms with Crippen molar-refractivity contribution in [2.75, 3.05) is 26.7 Å². The SMILES string of the molecule is CN(Cc1cccnc1)C[C@@H]1CC12CCN(C(=O)c1ccco1)CC2. The van der Waals surface area contributed by atoms with E-state index in [4.69, 9.17) is 4.42 Å². The fourth-order valence-electron chi connectivity index (χ4n) is 4.26. The fourth-order valence-corrected chi connectivity index (χ4v) is 4.26. The van der Waals surface area contributed by atoms with Gasteiger partial charge in [-0.05, 0) is 61.4 Å². The van der Waals surface area contributed by atoms with Gasteiger partial charge in [-0.3, -0.25) is 9.78 Å². The molecule has 5 heteroatoms. The maximum Gasteiger partial charge on any atom is 0.289 e. The third-order valence-corrected chi connectivity index (χ3v) is 5.84. The van der Waals surface area contributed by atoms with Gasteiger partial charge in [0.25, 0.3) is 5.91 Å². The molecule has 5 nitrogen and oxygen atoms in total. The molecule has 1 atom stereocenters. The van der Waals surface area contributed by atoms with Gasteiger partial charge in [0.1, 0.15) is 0 Å². The highest BCUT2D eigenvalue weighted by Gasteiger charge is 2.55. The largest absolute Gasteiger partial charge is 0.459 e. The van der Waals surface area contributed by atoms with Gasteiger partial charge in [0, 0.05) is 38.6 Å². The second-order valence-electron chi connectivity index (χ2n) is 7.59. The third-order valence-electron chi connectivity index (χ3n) is 5.84. The smallest absolute Gasteiger partial charge is 0.289 e. The van der Waals surface area contributed by atoms with Crippen LogP contribution in [0.2, 0.25) is 0 Å². The first-order valence-electron chi connectivity index (χ1n) is 9.06. The highest BCUT2D eigenvalue weighted by molar-refractivity contribution is 5.91. The Morgan fingerprint density at radius 2 is 2.20 bits per heavy atom. The fraction of sp³-hybridized carbons (Fsp3) is 0.500. The van der Waals surface area contributed by atoms with Gasteiger partial charge in [0.15, 0.2) is 5.76 Å². The Balaban J connectivity index is 1.26. The summed E-state index contributed by atoms with van der Waals surface area (Å²) in [4.78, 5) is 20.9. The quantitative estimate of drug-likeness (QED) is 0.840. The molecule has 2 aliphatic rings. The number of rotatable bonds is 5. The summed E-state index contributed by atoms with van der Waals surface area (Å²) in [6.45, 7) is 3.77. The summed E-state index contributed by atoms with van der Waals surface area (Å²) >= 11 is 0. The van der Waals surface area contributed by atoms with E-state index in [9.17, 15) is 4.79 Å². The molecule has 0 bridgehead atoms. The minimum absolute atomic E-state index is 0.0331. The Morgan fingerprint density at radius 1 is 1.36 bits per heavy atom. The topological polar surface area (TPSA) is 49.6 Å². The van der Waals surface area contributed by atoms with Crippen molar-refractivity contribution in [3.05, 3.63) is 54.2 Å². The molecule has 1 saturated heterocycles. The number of hydrogen-bond donors (Lipinski definition) is 0. The summed E-state index contributed by atoms with van der Waals surface area (Å²) in [5.41, 5.74) is 1.72. The van der Waals surface area contributed by atoms with E-state index < -0.39 is 0 Å². The van der Waals surface area contributed by atoms with E-state index in [-0.39, 0.29) is 5.91 Å². The van der Waals surface area contributed by atoms with E-state index in [0.717, 1.165) is 44.9 Å². The van der Waals surface area contributed by atoms with Gasteiger partial charge in [-0.1, -0.05) is 6.07 Å². The monoisotopic (exact) mass is 339 g/mol. The Hall–Kier alpha value is -2.14. The van der Waals surface area contributed by atoms with Gasteiger partial charge in [-0.2, -0.15) is 0 Å². The summed E-state index contributed by atoms with van der Waals surface area (Å²) in [7, 11) is 2.19. The Labute approximate surface area is 148 Å². The van der Waals surface area contributed by atoms with Gasteiger partial charge >= 0.3 is 0 Å². The molecular formula is C20H25N3O2. The van der Waals surface area contributed by atoms with Crippen molar-refractivity contribution in [3.63, 3.8) is 0 Å². The molecule has 2 fully saturated rings.